The van der Waals surface area contributed by atoms with Crippen molar-refractivity contribution in [2.24, 2.45) is 5.73 Å². The third-order valence-electron chi connectivity index (χ3n) is 3.20. The van der Waals surface area contributed by atoms with Crippen LogP contribution in [0.4, 0.5) is 0 Å². The predicted molar refractivity (Wildman–Crippen MR) is 94.8 cm³/mol. The standard InChI is InChI=1S/C14H24N4O8S/c1-27-3-2-8(17-12(24)7(15)6-19)14(26)18-9(4-10(20)21)13(25)16-5-11(22)23/h7-9,19H,2-6,15H2,1H3,(H,16,25)(H,17,24)(H,18,26)(H,20,21)(H,22,23). The number of aliphatic hydroxyl groups is 1. The topological polar surface area (TPSA) is 208 Å². The molecule has 8 N–H and O–H groups in total. The fourth-order valence-electron chi connectivity index (χ4n) is 1.81. The summed E-state index contributed by atoms with van der Waals surface area (Å²) >= 11 is 1.39. The lowest BCUT2D eigenvalue weighted by atomic mass is 10.1. The molecule has 0 bridgehead atoms. The van der Waals surface area contributed by atoms with Crippen LogP contribution < -0.4 is 21.7 Å². The number of carbonyl (C=O) groups is 5. The maximum atomic E-state index is 12.4. The maximum Gasteiger partial charge on any atom is 0.322 e. The van der Waals surface area contributed by atoms with Gasteiger partial charge in [-0.05, 0) is 18.4 Å². The first-order valence-electron chi connectivity index (χ1n) is 7.79. The van der Waals surface area contributed by atoms with Crippen LogP contribution in [0.25, 0.3) is 0 Å². The zero-order chi connectivity index (χ0) is 21.0. The minimum absolute atomic E-state index is 0.160. The van der Waals surface area contributed by atoms with Crippen molar-refractivity contribution < 1.29 is 39.3 Å². The number of aliphatic hydroxyl groups excluding tert-OH is 1. The van der Waals surface area contributed by atoms with Crippen LogP contribution in [0.3, 0.4) is 0 Å². The van der Waals surface area contributed by atoms with Gasteiger partial charge in [0.15, 0.2) is 0 Å². The summed E-state index contributed by atoms with van der Waals surface area (Å²) in [4.78, 5) is 57.6. The third-order valence-corrected chi connectivity index (χ3v) is 3.85. The molecule has 0 fully saturated rings. The average molecular weight is 408 g/mol. The van der Waals surface area contributed by atoms with E-state index in [1.165, 1.54) is 11.8 Å². The van der Waals surface area contributed by atoms with Gasteiger partial charge in [-0.15, -0.1) is 0 Å². The van der Waals surface area contributed by atoms with Crippen LogP contribution in [0.2, 0.25) is 0 Å². The van der Waals surface area contributed by atoms with Crippen molar-refractivity contribution >= 4 is 41.4 Å². The van der Waals surface area contributed by atoms with Crippen LogP contribution in [0, 0.1) is 0 Å². The fourth-order valence-corrected chi connectivity index (χ4v) is 2.28. The van der Waals surface area contributed by atoms with Gasteiger partial charge in [0, 0.05) is 0 Å². The molecule has 154 valence electrons. The lowest BCUT2D eigenvalue weighted by molar-refractivity contribution is -0.141. The van der Waals surface area contributed by atoms with Crippen molar-refractivity contribution in [1.29, 1.82) is 0 Å². The molecule has 0 aromatic carbocycles. The molecule has 0 saturated heterocycles. The average Bonchev–Trinajstić information content (AvgIpc) is 2.60. The van der Waals surface area contributed by atoms with Crippen molar-refractivity contribution in [3.63, 3.8) is 0 Å². The molecular formula is C14H24N4O8S. The van der Waals surface area contributed by atoms with E-state index in [1.807, 2.05) is 5.32 Å². The Hall–Kier alpha value is -2.38. The largest absolute Gasteiger partial charge is 0.481 e. The number of carbonyl (C=O) groups excluding carboxylic acids is 3. The van der Waals surface area contributed by atoms with Gasteiger partial charge in [-0.3, -0.25) is 24.0 Å². The first-order valence-corrected chi connectivity index (χ1v) is 9.19. The first-order chi connectivity index (χ1) is 12.6. The number of nitrogens with one attached hydrogen (secondary N) is 3. The molecule has 0 spiro atoms. The number of hydrogen-bond acceptors (Lipinski definition) is 8. The Morgan fingerprint density at radius 2 is 1.56 bits per heavy atom. The quantitative estimate of drug-likeness (QED) is 0.161. The van der Waals surface area contributed by atoms with Gasteiger partial charge in [-0.2, -0.15) is 11.8 Å². The fraction of sp³-hybridized carbons (Fsp3) is 0.643. The Kier molecular flexibility index (Phi) is 11.8. The number of hydrogen-bond donors (Lipinski definition) is 7. The summed E-state index contributed by atoms with van der Waals surface area (Å²) in [5.41, 5.74) is 5.38. The van der Waals surface area contributed by atoms with Gasteiger partial charge in [-0.25, -0.2) is 0 Å². The van der Waals surface area contributed by atoms with E-state index in [1.54, 1.807) is 6.26 Å². The Labute approximate surface area is 159 Å². The minimum atomic E-state index is -1.53. The Morgan fingerprint density at radius 1 is 0.963 bits per heavy atom. The van der Waals surface area contributed by atoms with E-state index in [0.29, 0.717) is 5.75 Å². The Bertz CT molecular complexity index is 559. The molecule has 3 atom stereocenters. The molecule has 0 aliphatic carbocycles. The van der Waals surface area contributed by atoms with Crippen LogP contribution in [0.15, 0.2) is 0 Å². The van der Waals surface area contributed by atoms with E-state index >= 15 is 0 Å². The number of nitrogens with two attached hydrogens (primary N) is 1. The summed E-state index contributed by atoms with van der Waals surface area (Å²) in [6.07, 6.45) is 1.15. The highest BCUT2D eigenvalue weighted by Gasteiger charge is 2.29. The molecule has 0 aliphatic heterocycles. The molecule has 0 rings (SSSR count). The number of rotatable bonds is 13. The molecule has 3 unspecified atom stereocenters. The van der Waals surface area contributed by atoms with Gasteiger partial charge in [-0.1, -0.05) is 0 Å². The number of amides is 3. The number of aliphatic carboxylic acids is 2. The molecule has 27 heavy (non-hydrogen) atoms. The molecule has 0 aromatic heterocycles. The van der Waals surface area contributed by atoms with Crippen molar-refractivity contribution in [3.8, 4) is 0 Å². The van der Waals surface area contributed by atoms with Crippen molar-refractivity contribution in [3.05, 3.63) is 0 Å². The SMILES string of the molecule is CSCCC(NC(=O)C(N)CO)C(=O)NC(CC(=O)O)C(=O)NCC(=O)O. The van der Waals surface area contributed by atoms with Gasteiger partial charge in [0.2, 0.25) is 17.7 Å². The molecule has 0 saturated carbocycles. The molecule has 0 aliphatic rings. The van der Waals surface area contributed by atoms with Crippen LogP contribution in [0.1, 0.15) is 12.8 Å². The van der Waals surface area contributed by atoms with E-state index in [4.69, 9.17) is 21.1 Å². The van der Waals surface area contributed by atoms with Crippen molar-refractivity contribution in [2.45, 2.75) is 31.0 Å². The first kappa shape index (κ1) is 24.6. The number of carboxylic acids is 2. The summed E-state index contributed by atoms with van der Waals surface area (Å²) in [5.74, 6) is -4.88. The summed E-state index contributed by atoms with van der Waals surface area (Å²) in [7, 11) is 0. The molecular weight excluding hydrogens is 384 g/mol. The van der Waals surface area contributed by atoms with Crippen LogP contribution >= 0.6 is 11.8 Å². The molecule has 0 aromatic rings. The lowest BCUT2D eigenvalue weighted by Gasteiger charge is -2.23. The minimum Gasteiger partial charge on any atom is -0.481 e. The molecule has 0 radical (unpaired) electrons. The van der Waals surface area contributed by atoms with Crippen LogP contribution in [0.5, 0.6) is 0 Å². The van der Waals surface area contributed by atoms with Crippen molar-refractivity contribution in [1.82, 2.24) is 16.0 Å². The summed E-state index contributed by atoms with van der Waals surface area (Å²) < 4.78 is 0. The van der Waals surface area contributed by atoms with E-state index in [9.17, 15) is 24.0 Å². The second-order valence-electron chi connectivity index (χ2n) is 5.40. The normalized spacial score (nSPS) is 13.7. The zero-order valence-electron chi connectivity index (χ0n) is 14.6. The lowest BCUT2D eigenvalue weighted by Crippen LogP contribution is -2.57. The highest BCUT2D eigenvalue weighted by atomic mass is 32.2. The van der Waals surface area contributed by atoms with Gasteiger partial charge < -0.3 is 37.0 Å². The van der Waals surface area contributed by atoms with Crippen LogP contribution in [-0.4, -0.2) is 88.3 Å². The van der Waals surface area contributed by atoms with Gasteiger partial charge in [0.05, 0.1) is 13.0 Å². The second kappa shape index (κ2) is 12.9. The molecule has 13 heteroatoms. The zero-order valence-corrected chi connectivity index (χ0v) is 15.5. The van der Waals surface area contributed by atoms with Gasteiger partial charge in [0.1, 0.15) is 24.7 Å². The van der Waals surface area contributed by atoms with Crippen molar-refractivity contribution in [2.75, 3.05) is 25.2 Å². The maximum absolute atomic E-state index is 12.4. The Balaban J connectivity index is 5.15. The summed E-state index contributed by atoms with van der Waals surface area (Å²) in [6.45, 7) is -1.38. The van der Waals surface area contributed by atoms with Gasteiger partial charge >= 0.3 is 11.9 Å². The van der Waals surface area contributed by atoms with Crippen LogP contribution in [-0.2, 0) is 24.0 Å². The molecule has 3 amide bonds. The smallest absolute Gasteiger partial charge is 0.322 e. The molecule has 12 nitrogen and oxygen atoms in total. The highest BCUT2D eigenvalue weighted by molar-refractivity contribution is 7.98. The van der Waals surface area contributed by atoms with E-state index < -0.39 is 67.4 Å². The summed E-state index contributed by atoms with van der Waals surface area (Å²) in [5, 5.41) is 32.9. The van der Waals surface area contributed by atoms with E-state index in [2.05, 4.69) is 10.6 Å². The Morgan fingerprint density at radius 3 is 2.04 bits per heavy atom. The predicted octanol–water partition coefficient (Wildman–Crippen LogP) is -3.30. The van der Waals surface area contributed by atoms with E-state index in [-0.39, 0.29) is 6.42 Å². The monoisotopic (exact) mass is 408 g/mol. The molecule has 0 heterocycles. The van der Waals surface area contributed by atoms with E-state index in [0.717, 1.165) is 0 Å². The van der Waals surface area contributed by atoms with Gasteiger partial charge in [0.25, 0.3) is 0 Å². The summed E-state index contributed by atoms with van der Waals surface area (Å²) in [6, 6.07) is -3.90. The number of carboxylic acid groups (broad SMARTS) is 2. The number of thioether (sulfide) groups is 1. The second-order valence-corrected chi connectivity index (χ2v) is 6.39. The highest BCUT2D eigenvalue weighted by Crippen LogP contribution is 2.03. The third kappa shape index (κ3) is 10.4.